The van der Waals surface area contributed by atoms with Gasteiger partial charge in [-0.3, -0.25) is 5.43 Å². The van der Waals surface area contributed by atoms with Crippen LogP contribution in [0.4, 0.5) is 0 Å². The first kappa shape index (κ1) is 11.7. The minimum absolute atomic E-state index is 0.145. The molecule has 1 rings (SSSR count). The lowest BCUT2D eigenvalue weighted by Crippen LogP contribution is -2.23. The largest absolute Gasteiger partial charge is 0.375 e. The predicted molar refractivity (Wildman–Crippen MR) is 68.9 cm³/mol. The van der Waals surface area contributed by atoms with Crippen molar-refractivity contribution in [2.24, 2.45) is 10.8 Å². The molecule has 0 aliphatic rings. The maximum atomic E-state index is 5.74. The van der Waals surface area contributed by atoms with Crippen LogP contribution < -0.4 is 11.2 Å². The molecule has 15 heavy (non-hydrogen) atoms. The normalized spacial score (nSPS) is 11.0. The van der Waals surface area contributed by atoms with Gasteiger partial charge in [0.2, 0.25) is 0 Å². The highest BCUT2D eigenvalue weighted by molar-refractivity contribution is 7.80. The summed E-state index contributed by atoms with van der Waals surface area (Å²) in [7, 11) is 0. The number of hydrogen-bond donors (Lipinski definition) is 2. The van der Waals surface area contributed by atoms with Crippen LogP contribution in [0.5, 0.6) is 0 Å². The van der Waals surface area contributed by atoms with Crippen molar-refractivity contribution < 1.29 is 0 Å². The van der Waals surface area contributed by atoms with Crippen molar-refractivity contribution in [1.82, 2.24) is 5.43 Å². The number of halogens is 1. The van der Waals surface area contributed by atoms with E-state index in [1.807, 2.05) is 30.3 Å². The van der Waals surface area contributed by atoms with Gasteiger partial charge in [-0.05, 0) is 36.0 Å². The zero-order valence-electron chi connectivity index (χ0n) is 7.85. The van der Waals surface area contributed by atoms with Crippen molar-refractivity contribution in [2.75, 3.05) is 0 Å². The van der Waals surface area contributed by atoms with E-state index in [4.69, 9.17) is 17.3 Å². The number of thiocarbonyl (C=S) groups is 1. The van der Waals surface area contributed by atoms with Crippen LogP contribution in [-0.2, 0) is 0 Å². The third kappa shape index (κ3) is 5.15. The molecule has 0 aromatic heterocycles. The highest BCUT2D eigenvalue weighted by Crippen LogP contribution is 2.10. The van der Waals surface area contributed by atoms with Crippen LogP contribution >= 0.6 is 23.8 Å². The van der Waals surface area contributed by atoms with Crippen LogP contribution in [0.15, 0.2) is 35.4 Å². The van der Waals surface area contributed by atoms with Crippen molar-refractivity contribution in [2.45, 2.75) is 0 Å². The molecule has 0 amide bonds. The van der Waals surface area contributed by atoms with Crippen LogP contribution in [0.25, 0.3) is 6.08 Å². The van der Waals surface area contributed by atoms with Gasteiger partial charge in [0.05, 0.1) is 0 Å². The van der Waals surface area contributed by atoms with Crippen molar-refractivity contribution in [3.8, 4) is 0 Å². The smallest absolute Gasteiger partial charge is 0.184 e. The summed E-state index contributed by atoms with van der Waals surface area (Å²) < 4.78 is 0. The SMILES string of the molecule is NC(=S)NN=C/C=C/c1ccc(Cl)cc1. The average Bonchev–Trinajstić information content (AvgIpc) is 2.20. The van der Waals surface area contributed by atoms with Crippen molar-refractivity contribution in [3.63, 3.8) is 0 Å². The number of hydrazone groups is 1. The third-order valence-corrected chi connectivity index (χ3v) is 1.84. The zero-order chi connectivity index (χ0) is 11.1. The number of allylic oxidation sites excluding steroid dienone is 1. The molecule has 0 fully saturated rings. The first-order valence-electron chi connectivity index (χ1n) is 4.19. The maximum Gasteiger partial charge on any atom is 0.184 e. The molecule has 0 bridgehead atoms. The van der Waals surface area contributed by atoms with Gasteiger partial charge in [0.15, 0.2) is 5.11 Å². The van der Waals surface area contributed by atoms with E-state index in [0.717, 1.165) is 10.6 Å². The Morgan fingerprint density at radius 2 is 2.07 bits per heavy atom. The van der Waals surface area contributed by atoms with Gasteiger partial charge >= 0.3 is 0 Å². The number of benzene rings is 1. The Labute approximate surface area is 98.6 Å². The number of rotatable bonds is 3. The Balaban J connectivity index is 2.47. The molecule has 0 saturated heterocycles. The van der Waals surface area contributed by atoms with E-state index in [1.165, 1.54) is 0 Å². The van der Waals surface area contributed by atoms with Gasteiger partial charge in [0, 0.05) is 11.2 Å². The highest BCUT2D eigenvalue weighted by atomic mass is 35.5. The molecular weight excluding hydrogens is 230 g/mol. The van der Waals surface area contributed by atoms with Crippen molar-refractivity contribution in [1.29, 1.82) is 0 Å². The molecule has 0 radical (unpaired) electrons. The Morgan fingerprint density at radius 1 is 1.40 bits per heavy atom. The standard InChI is InChI=1S/C10H10ClN3S/c11-9-5-3-8(4-6-9)2-1-7-13-14-10(12)15/h1-7H,(H3,12,14,15)/b2-1+,13-7?. The van der Waals surface area contributed by atoms with Crippen LogP contribution in [-0.4, -0.2) is 11.3 Å². The summed E-state index contributed by atoms with van der Waals surface area (Å²) in [5, 5.41) is 4.61. The summed E-state index contributed by atoms with van der Waals surface area (Å²) in [6.07, 6.45) is 5.23. The van der Waals surface area contributed by atoms with E-state index >= 15 is 0 Å². The van der Waals surface area contributed by atoms with Gasteiger partial charge in [0.25, 0.3) is 0 Å². The monoisotopic (exact) mass is 239 g/mol. The molecule has 0 aliphatic carbocycles. The van der Waals surface area contributed by atoms with Gasteiger partial charge in [-0.15, -0.1) is 0 Å². The van der Waals surface area contributed by atoms with Gasteiger partial charge in [0.1, 0.15) is 0 Å². The summed E-state index contributed by atoms with van der Waals surface area (Å²) >= 11 is 10.3. The molecule has 3 N–H and O–H groups in total. The topological polar surface area (TPSA) is 50.4 Å². The van der Waals surface area contributed by atoms with Crippen molar-refractivity contribution in [3.05, 3.63) is 40.9 Å². The van der Waals surface area contributed by atoms with Crippen LogP contribution in [0.3, 0.4) is 0 Å². The predicted octanol–water partition coefficient (Wildman–Crippen LogP) is 2.17. The van der Waals surface area contributed by atoms with E-state index in [0.29, 0.717) is 0 Å². The second-order valence-electron chi connectivity index (χ2n) is 2.66. The van der Waals surface area contributed by atoms with E-state index in [9.17, 15) is 0 Å². The summed E-state index contributed by atoms with van der Waals surface area (Å²) in [5.74, 6) is 0. The van der Waals surface area contributed by atoms with Gasteiger partial charge in [-0.2, -0.15) is 5.10 Å². The van der Waals surface area contributed by atoms with Crippen molar-refractivity contribution >= 4 is 41.2 Å². The highest BCUT2D eigenvalue weighted by Gasteiger charge is 1.86. The number of nitrogens with two attached hydrogens (primary N) is 1. The lowest BCUT2D eigenvalue weighted by atomic mass is 10.2. The lowest BCUT2D eigenvalue weighted by molar-refractivity contribution is 1.04. The van der Waals surface area contributed by atoms with E-state index in [1.54, 1.807) is 12.3 Å². The Morgan fingerprint density at radius 3 is 2.67 bits per heavy atom. The molecule has 0 heterocycles. The Bertz CT molecular complexity index is 384. The number of nitrogens with one attached hydrogen (secondary N) is 1. The molecule has 78 valence electrons. The molecule has 0 spiro atoms. The molecule has 3 nitrogen and oxygen atoms in total. The quantitative estimate of drug-likeness (QED) is 0.483. The first-order chi connectivity index (χ1) is 7.18. The fourth-order valence-corrected chi connectivity index (χ4v) is 1.05. The second kappa shape index (κ2) is 6.16. The number of nitrogens with zero attached hydrogens (tertiary/aromatic N) is 1. The fourth-order valence-electron chi connectivity index (χ4n) is 0.872. The molecule has 0 atom stereocenters. The average molecular weight is 240 g/mol. The van der Waals surface area contributed by atoms with Crippen LogP contribution in [0.1, 0.15) is 5.56 Å². The summed E-state index contributed by atoms with van der Waals surface area (Å²) in [5.41, 5.74) is 8.66. The minimum atomic E-state index is 0.145. The van der Waals surface area contributed by atoms with E-state index < -0.39 is 0 Å². The molecule has 0 unspecified atom stereocenters. The molecular formula is C10H10ClN3S. The molecule has 1 aromatic rings. The fraction of sp³-hybridized carbons (Fsp3) is 0. The summed E-state index contributed by atoms with van der Waals surface area (Å²) in [6, 6.07) is 7.47. The lowest BCUT2D eigenvalue weighted by Gasteiger charge is -1.92. The van der Waals surface area contributed by atoms with Crippen LogP contribution in [0.2, 0.25) is 5.02 Å². The second-order valence-corrected chi connectivity index (χ2v) is 3.54. The number of hydrogen-bond acceptors (Lipinski definition) is 2. The van der Waals surface area contributed by atoms with Gasteiger partial charge in [-0.25, -0.2) is 0 Å². The maximum absolute atomic E-state index is 5.74. The van der Waals surface area contributed by atoms with Gasteiger partial charge < -0.3 is 5.73 Å². The molecule has 1 aromatic carbocycles. The molecule has 0 aliphatic heterocycles. The first-order valence-corrected chi connectivity index (χ1v) is 4.98. The zero-order valence-corrected chi connectivity index (χ0v) is 9.42. The molecule has 5 heteroatoms. The summed E-state index contributed by atoms with van der Waals surface area (Å²) in [6.45, 7) is 0. The Kier molecular flexibility index (Phi) is 4.80. The third-order valence-electron chi connectivity index (χ3n) is 1.49. The van der Waals surface area contributed by atoms with Gasteiger partial charge in [-0.1, -0.05) is 29.8 Å². The van der Waals surface area contributed by atoms with Crippen LogP contribution in [0, 0.1) is 0 Å². The van der Waals surface area contributed by atoms with E-state index in [2.05, 4.69) is 22.7 Å². The minimum Gasteiger partial charge on any atom is -0.375 e. The Hall–Kier alpha value is -1.39. The summed E-state index contributed by atoms with van der Waals surface area (Å²) in [4.78, 5) is 0. The molecule has 0 saturated carbocycles. The van der Waals surface area contributed by atoms with E-state index in [-0.39, 0.29) is 5.11 Å².